The van der Waals surface area contributed by atoms with E-state index in [-0.39, 0.29) is 12.4 Å². The van der Waals surface area contributed by atoms with Crippen molar-refractivity contribution < 1.29 is 4.74 Å². The highest BCUT2D eigenvalue weighted by atomic mass is 35.5. The number of hydrogen-bond acceptors (Lipinski definition) is 2. The van der Waals surface area contributed by atoms with E-state index in [4.69, 9.17) is 4.74 Å². The summed E-state index contributed by atoms with van der Waals surface area (Å²) in [7, 11) is 0. The van der Waals surface area contributed by atoms with E-state index in [1.807, 2.05) is 12.4 Å². The molecule has 0 unspecified atom stereocenters. The van der Waals surface area contributed by atoms with Crippen LogP contribution in [-0.4, -0.2) is 16.2 Å². The quantitative estimate of drug-likeness (QED) is 0.532. The van der Waals surface area contributed by atoms with E-state index in [0.717, 1.165) is 18.8 Å². The van der Waals surface area contributed by atoms with Crippen LogP contribution in [0.5, 0.6) is 0 Å². The number of hydrogen-bond donors (Lipinski definition) is 0. The van der Waals surface area contributed by atoms with Gasteiger partial charge in [0.15, 0.2) is 0 Å². The van der Waals surface area contributed by atoms with Crippen LogP contribution in [0.1, 0.15) is 25.6 Å². The van der Waals surface area contributed by atoms with Crippen molar-refractivity contribution in [3.05, 3.63) is 31.1 Å². The van der Waals surface area contributed by atoms with Gasteiger partial charge in [-0.25, -0.2) is 4.98 Å². The van der Waals surface area contributed by atoms with Crippen molar-refractivity contribution in [3.8, 4) is 0 Å². The molecule has 86 valence electrons. The Balaban J connectivity index is 0.00000196. The van der Waals surface area contributed by atoms with Gasteiger partial charge in [0, 0.05) is 25.4 Å². The highest BCUT2D eigenvalue weighted by Gasteiger charge is 2.01. The summed E-state index contributed by atoms with van der Waals surface area (Å²) in [5.41, 5.74) is 0. The van der Waals surface area contributed by atoms with Gasteiger partial charge in [0.2, 0.25) is 0 Å². The van der Waals surface area contributed by atoms with Crippen molar-refractivity contribution in [2.75, 3.05) is 6.61 Å². The van der Waals surface area contributed by atoms with Crippen LogP contribution in [0.15, 0.2) is 25.2 Å². The number of unbranched alkanes of at least 4 members (excludes halogenated alkanes) is 1. The minimum Gasteiger partial charge on any atom is -0.501 e. The van der Waals surface area contributed by atoms with Gasteiger partial charge in [0.05, 0.1) is 12.9 Å². The van der Waals surface area contributed by atoms with Gasteiger partial charge in [-0.1, -0.05) is 19.9 Å². The summed E-state index contributed by atoms with van der Waals surface area (Å²) >= 11 is 0. The monoisotopic (exact) mass is 230 g/mol. The molecule has 0 radical (unpaired) electrons. The summed E-state index contributed by atoms with van der Waals surface area (Å²) in [5, 5.41) is 0. The fraction of sp³-hybridized carbons (Fsp3) is 0.545. The molecule has 0 aliphatic carbocycles. The molecule has 0 spiro atoms. The van der Waals surface area contributed by atoms with Crippen LogP contribution in [0, 0.1) is 0 Å². The minimum atomic E-state index is 0. The molecule has 1 aromatic rings. The molecule has 0 fully saturated rings. The second-order valence-corrected chi connectivity index (χ2v) is 3.18. The third kappa shape index (κ3) is 4.88. The fourth-order valence-electron chi connectivity index (χ4n) is 1.33. The highest BCUT2D eigenvalue weighted by molar-refractivity contribution is 5.85. The number of rotatable bonds is 7. The zero-order valence-corrected chi connectivity index (χ0v) is 10.0. The topological polar surface area (TPSA) is 27.1 Å². The van der Waals surface area contributed by atoms with Crippen molar-refractivity contribution in [1.29, 1.82) is 0 Å². The first-order valence-corrected chi connectivity index (χ1v) is 5.11. The Bertz CT molecular complexity index is 273. The lowest BCUT2D eigenvalue weighted by molar-refractivity contribution is 0.251. The van der Waals surface area contributed by atoms with Crippen molar-refractivity contribution in [1.82, 2.24) is 9.55 Å². The second kappa shape index (κ2) is 8.36. The van der Waals surface area contributed by atoms with Gasteiger partial charge in [-0.2, -0.15) is 0 Å². The Kier molecular flexibility index (Phi) is 7.82. The number of aromatic nitrogens is 2. The van der Waals surface area contributed by atoms with Crippen LogP contribution in [0.2, 0.25) is 0 Å². The number of aryl methyl sites for hydroxylation is 1. The zero-order chi connectivity index (χ0) is 10.2. The summed E-state index contributed by atoms with van der Waals surface area (Å²) in [5.74, 6) is 1.10. The van der Waals surface area contributed by atoms with E-state index in [1.165, 1.54) is 19.1 Å². The van der Waals surface area contributed by atoms with Gasteiger partial charge in [0.1, 0.15) is 5.82 Å². The van der Waals surface area contributed by atoms with Crippen LogP contribution in [-0.2, 0) is 17.7 Å². The van der Waals surface area contributed by atoms with Crippen LogP contribution in [0.3, 0.4) is 0 Å². The summed E-state index contributed by atoms with van der Waals surface area (Å²) in [6, 6.07) is 0. The summed E-state index contributed by atoms with van der Waals surface area (Å²) < 4.78 is 7.27. The van der Waals surface area contributed by atoms with Crippen LogP contribution in [0.4, 0.5) is 0 Å². The van der Waals surface area contributed by atoms with Gasteiger partial charge in [0.25, 0.3) is 0 Å². The van der Waals surface area contributed by atoms with Crippen molar-refractivity contribution in [3.63, 3.8) is 0 Å². The maximum absolute atomic E-state index is 5.08. The van der Waals surface area contributed by atoms with E-state index in [2.05, 4.69) is 23.1 Å². The van der Waals surface area contributed by atoms with E-state index in [1.54, 1.807) is 0 Å². The van der Waals surface area contributed by atoms with Gasteiger partial charge < -0.3 is 9.30 Å². The fourth-order valence-corrected chi connectivity index (χ4v) is 1.33. The third-order valence-electron chi connectivity index (χ3n) is 2.12. The third-order valence-corrected chi connectivity index (χ3v) is 2.12. The predicted molar refractivity (Wildman–Crippen MR) is 64.2 cm³/mol. The van der Waals surface area contributed by atoms with Gasteiger partial charge in [-0.3, -0.25) is 0 Å². The number of nitrogens with zero attached hydrogens (tertiary/aromatic N) is 2. The number of ether oxygens (including phenoxy) is 1. The zero-order valence-electron chi connectivity index (χ0n) is 9.19. The first-order chi connectivity index (χ1) is 6.88. The second-order valence-electron chi connectivity index (χ2n) is 3.18. The maximum atomic E-state index is 5.08. The lowest BCUT2D eigenvalue weighted by atomic mass is 10.3. The smallest absolute Gasteiger partial charge is 0.112 e. The molecule has 0 saturated carbocycles. The molecule has 0 atom stereocenters. The lowest BCUT2D eigenvalue weighted by Gasteiger charge is -2.06. The minimum absolute atomic E-state index is 0. The van der Waals surface area contributed by atoms with Crippen molar-refractivity contribution in [2.24, 2.45) is 0 Å². The molecule has 0 aliphatic heterocycles. The molecule has 0 aliphatic rings. The van der Waals surface area contributed by atoms with Gasteiger partial charge in [-0.15, -0.1) is 12.4 Å². The normalized spacial score (nSPS) is 9.40. The SMILES string of the molecule is C=COCCc1nccn1CCCC.Cl. The molecular formula is C11H19ClN2O. The van der Waals surface area contributed by atoms with E-state index < -0.39 is 0 Å². The number of halogens is 1. The number of imidazole rings is 1. The summed E-state index contributed by atoms with van der Waals surface area (Å²) in [6.45, 7) is 7.41. The molecule has 1 aromatic heterocycles. The highest BCUT2D eigenvalue weighted by Crippen LogP contribution is 2.02. The Morgan fingerprint density at radius 3 is 3.07 bits per heavy atom. The molecule has 3 nitrogen and oxygen atoms in total. The first kappa shape index (κ1) is 14.0. The lowest BCUT2D eigenvalue weighted by Crippen LogP contribution is -2.05. The summed E-state index contributed by atoms with van der Waals surface area (Å²) in [6.07, 6.45) is 8.60. The molecule has 0 bridgehead atoms. The van der Waals surface area contributed by atoms with Crippen molar-refractivity contribution >= 4 is 12.4 Å². The average molecular weight is 231 g/mol. The standard InChI is InChI=1S/C11H18N2O.ClH/c1-3-5-8-13-9-7-12-11(13)6-10-14-4-2;/h4,7,9H,2-3,5-6,8,10H2,1H3;1H. The predicted octanol–water partition coefficient (Wildman–Crippen LogP) is 2.81. The van der Waals surface area contributed by atoms with Gasteiger partial charge in [-0.05, 0) is 6.42 Å². The molecule has 4 heteroatoms. The van der Waals surface area contributed by atoms with Gasteiger partial charge >= 0.3 is 0 Å². The maximum Gasteiger partial charge on any atom is 0.112 e. The molecule has 0 N–H and O–H groups in total. The van der Waals surface area contributed by atoms with Crippen LogP contribution in [0.25, 0.3) is 0 Å². The van der Waals surface area contributed by atoms with E-state index >= 15 is 0 Å². The van der Waals surface area contributed by atoms with Crippen molar-refractivity contribution in [2.45, 2.75) is 32.7 Å². The summed E-state index contributed by atoms with van der Waals surface area (Å²) in [4.78, 5) is 4.29. The Morgan fingerprint density at radius 1 is 1.60 bits per heavy atom. The molecule has 0 amide bonds. The molecule has 1 rings (SSSR count). The Morgan fingerprint density at radius 2 is 2.40 bits per heavy atom. The largest absolute Gasteiger partial charge is 0.501 e. The Labute approximate surface area is 97.6 Å². The average Bonchev–Trinajstić information content (AvgIpc) is 2.63. The first-order valence-electron chi connectivity index (χ1n) is 5.11. The van der Waals surface area contributed by atoms with Crippen LogP contribution >= 0.6 is 12.4 Å². The van der Waals surface area contributed by atoms with Crippen LogP contribution < -0.4 is 0 Å². The molecule has 1 heterocycles. The Hall–Kier alpha value is -0.960. The van der Waals surface area contributed by atoms with E-state index in [9.17, 15) is 0 Å². The molecule has 0 aromatic carbocycles. The van der Waals surface area contributed by atoms with E-state index in [0.29, 0.717) is 6.61 Å². The molecule has 0 saturated heterocycles. The molecule has 15 heavy (non-hydrogen) atoms. The molecular weight excluding hydrogens is 212 g/mol.